The molecule has 0 atom stereocenters. The number of nitrogens with two attached hydrogens (primary N) is 1. The number of carbonyl (C=O) groups is 1. The van der Waals surface area contributed by atoms with E-state index < -0.39 is 25.9 Å². The fourth-order valence-corrected chi connectivity index (χ4v) is 5.23. The average molecular weight is 456 g/mol. The Kier molecular flexibility index (Phi) is 6.56. The minimum absolute atomic E-state index is 0.00712. The van der Waals surface area contributed by atoms with Crippen LogP contribution in [0.15, 0.2) is 58.3 Å². The van der Waals surface area contributed by atoms with Crippen molar-refractivity contribution in [2.75, 3.05) is 13.1 Å². The SMILES string of the molecule is NS(=O)(=O)c1ccc(CNC(=O)C2CCN(S(=O)(=O)c3ccc(F)cc3)CC2)cc1. The number of sulfonamides is 2. The van der Waals surface area contributed by atoms with Crippen molar-refractivity contribution in [3.8, 4) is 0 Å². The Morgan fingerprint density at radius 2 is 1.50 bits per heavy atom. The smallest absolute Gasteiger partial charge is 0.243 e. The second kappa shape index (κ2) is 8.80. The molecule has 1 aliphatic heterocycles. The number of nitrogens with zero attached hydrogens (tertiary/aromatic N) is 1. The van der Waals surface area contributed by atoms with Gasteiger partial charge in [0.05, 0.1) is 9.79 Å². The number of hydrogen-bond donors (Lipinski definition) is 2. The Hall–Kier alpha value is -2.34. The van der Waals surface area contributed by atoms with Crippen molar-refractivity contribution < 1.29 is 26.0 Å². The van der Waals surface area contributed by atoms with E-state index in [0.29, 0.717) is 18.4 Å². The van der Waals surface area contributed by atoms with Crippen molar-refractivity contribution in [3.63, 3.8) is 0 Å². The lowest BCUT2D eigenvalue weighted by atomic mass is 9.97. The van der Waals surface area contributed by atoms with Crippen molar-refractivity contribution in [1.29, 1.82) is 0 Å². The van der Waals surface area contributed by atoms with Crippen LogP contribution in [0, 0.1) is 11.7 Å². The molecule has 0 radical (unpaired) electrons. The summed E-state index contributed by atoms with van der Waals surface area (Å²) in [5.74, 6) is -1.03. The van der Waals surface area contributed by atoms with Gasteiger partial charge in [0.2, 0.25) is 26.0 Å². The summed E-state index contributed by atoms with van der Waals surface area (Å²) < 4.78 is 62.1. The fraction of sp³-hybridized carbons (Fsp3) is 0.316. The van der Waals surface area contributed by atoms with Gasteiger partial charge in [-0.15, -0.1) is 0 Å². The summed E-state index contributed by atoms with van der Waals surface area (Å²) in [5.41, 5.74) is 0.715. The molecule has 162 valence electrons. The van der Waals surface area contributed by atoms with Crippen molar-refractivity contribution >= 4 is 26.0 Å². The molecule has 30 heavy (non-hydrogen) atoms. The summed E-state index contributed by atoms with van der Waals surface area (Å²) in [6, 6.07) is 10.5. The molecule has 1 aliphatic rings. The van der Waals surface area contributed by atoms with E-state index in [9.17, 15) is 26.0 Å². The normalized spacial score (nSPS) is 16.3. The van der Waals surface area contributed by atoms with Crippen LogP contribution in [0.3, 0.4) is 0 Å². The molecule has 11 heteroatoms. The first-order valence-electron chi connectivity index (χ1n) is 9.22. The van der Waals surface area contributed by atoms with E-state index in [2.05, 4.69) is 5.32 Å². The van der Waals surface area contributed by atoms with Crippen LogP contribution < -0.4 is 10.5 Å². The van der Waals surface area contributed by atoms with Gasteiger partial charge >= 0.3 is 0 Å². The fourth-order valence-electron chi connectivity index (χ4n) is 3.24. The third-order valence-corrected chi connectivity index (χ3v) is 7.84. The topological polar surface area (TPSA) is 127 Å². The van der Waals surface area contributed by atoms with Crippen LogP contribution in [0.1, 0.15) is 18.4 Å². The highest BCUT2D eigenvalue weighted by molar-refractivity contribution is 7.89. The Bertz CT molecular complexity index is 1110. The monoisotopic (exact) mass is 455 g/mol. The average Bonchev–Trinajstić information content (AvgIpc) is 2.72. The molecular weight excluding hydrogens is 433 g/mol. The third-order valence-electron chi connectivity index (χ3n) is 4.99. The van der Waals surface area contributed by atoms with E-state index in [1.807, 2.05) is 0 Å². The molecule has 3 N–H and O–H groups in total. The zero-order chi connectivity index (χ0) is 21.9. The first-order valence-corrected chi connectivity index (χ1v) is 12.2. The van der Waals surface area contributed by atoms with Gasteiger partial charge in [0.15, 0.2) is 0 Å². The van der Waals surface area contributed by atoms with E-state index in [1.165, 1.54) is 28.6 Å². The van der Waals surface area contributed by atoms with Gasteiger partial charge in [-0.3, -0.25) is 4.79 Å². The maximum Gasteiger partial charge on any atom is 0.243 e. The Morgan fingerprint density at radius 1 is 0.967 bits per heavy atom. The van der Waals surface area contributed by atoms with Crippen LogP contribution in [0.2, 0.25) is 0 Å². The summed E-state index contributed by atoms with van der Waals surface area (Å²) in [7, 11) is -7.49. The van der Waals surface area contributed by atoms with Crippen molar-refractivity contribution in [1.82, 2.24) is 9.62 Å². The first kappa shape index (κ1) is 22.3. The van der Waals surface area contributed by atoms with Gasteiger partial charge in [0, 0.05) is 25.6 Å². The standard InChI is InChI=1S/C19H22FN3O5S2/c20-16-3-7-18(8-4-16)30(27,28)23-11-9-15(10-12-23)19(24)22-13-14-1-5-17(6-2-14)29(21,25)26/h1-8,15H,9-13H2,(H,22,24)(H2,21,25,26). The second-order valence-electron chi connectivity index (χ2n) is 7.04. The number of rotatable bonds is 6. The molecule has 1 heterocycles. The van der Waals surface area contributed by atoms with E-state index in [1.54, 1.807) is 12.1 Å². The van der Waals surface area contributed by atoms with Crippen LogP contribution >= 0.6 is 0 Å². The summed E-state index contributed by atoms with van der Waals surface area (Å²) in [6.07, 6.45) is 0.743. The highest BCUT2D eigenvalue weighted by atomic mass is 32.2. The number of nitrogens with one attached hydrogen (secondary N) is 1. The van der Waals surface area contributed by atoms with Gasteiger partial charge < -0.3 is 5.32 Å². The van der Waals surface area contributed by atoms with Crippen molar-refractivity contribution in [3.05, 3.63) is 59.9 Å². The number of benzene rings is 2. The lowest BCUT2D eigenvalue weighted by molar-refractivity contribution is -0.126. The molecule has 0 aromatic heterocycles. The van der Waals surface area contributed by atoms with Gasteiger partial charge in [-0.05, 0) is 54.8 Å². The molecule has 2 aromatic rings. The van der Waals surface area contributed by atoms with Gasteiger partial charge in [-0.1, -0.05) is 12.1 Å². The third kappa shape index (κ3) is 5.22. The maximum absolute atomic E-state index is 13.0. The molecule has 2 aromatic carbocycles. The molecule has 0 saturated carbocycles. The minimum atomic E-state index is -3.77. The lowest BCUT2D eigenvalue weighted by Crippen LogP contribution is -2.42. The molecule has 1 fully saturated rings. The van der Waals surface area contributed by atoms with Crippen molar-refractivity contribution in [2.24, 2.45) is 11.1 Å². The highest BCUT2D eigenvalue weighted by Gasteiger charge is 2.32. The molecule has 0 spiro atoms. The summed E-state index contributed by atoms with van der Waals surface area (Å²) in [4.78, 5) is 12.4. The Balaban J connectivity index is 1.53. The quantitative estimate of drug-likeness (QED) is 0.677. The Labute approximate surface area is 175 Å². The largest absolute Gasteiger partial charge is 0.352 e. The number of primary sulfonamides is 1. The number of carbonyl (C=O) groups excluding carboxylic acids is 1. The number of halogens is 1. The van der Waals surface area contributed by atoms with Gasteiger partial charge in [0.25, 0.3) is 0 Å². The molecule has 1 saturated heterocycles. The molecule has 1 amide bonds. The summed E-state index contributed by atoms with van der Waals surface area (Å²) >= 11 is 0. The van der Waals surface area contributed by atoms with Crippen molar-refractivity contribution in [2.45, 2.75) is 29.2 Å². The first-order chi connectivity index (χ1) is 14.1. The molecule has 0 unspecified atom stereocenters. The molecule has 0 aliphatic carbocycles. The van der Waals surface area contributed by atoms with Crippen LogP contribution in [0.5, 0.6) is 0 Å². The number of amides is 1. The zero-order valence-corrected chi connectivity index (χ0v) is 17.6. The van der Waals surface area contributed by atoms with Gasteiger partial charge in [-0.2, -0.15) is 4.31 Å². The van der Waals surface area contributed by atoms with Crippen LogP contribution in [-0.2, 0) is 31.4 Å². The predicted molar refractivity (Wildman–Crippen MR) is 108 cm³/mol. The summed E-state index contributed by atoms with van der Waals surface area (Å²) in [5, 5.41) is 7.84. The molecule has 0 bridgehead atoms. The minimum Gasteiger partial charge on any atom is -0.352 e. The van der Waals surface area contributed by atoms with Crippen LogP contribution in [-0.4, -0.2) is 40.1 Å². The van der Waals surface area contributed by atoms with E-state index >= 15 is 0 Å². The molecular formula is C19H22FN3O5S2. The van der Waals surface area contributed by atoms with Crippen LogP contribution in [0.25, 0.3) is 0 Å². The van der Waals surface area contributed by atoms with E-state index in [4.69, 9.17) is 5.14 Å². The Morgan fingerprint density at radius 3 is 2.03 bits per heavy atom. The molecule has 3 rings (SSSR count). The number of hydrogen-bond acceptors (Lipinski definition) is 5. The summed E-state index contributed by atoms with van der Waals surface area (Å²) in [6.45, 7) is 0.611. The number of piperidine rings is 1. The highest BCUT2D eigenvalue weighted by Crippen LogP contribution is 2.24. The predicted octanol–water partition coefficient (Wildman–Crippen LogP) is 1.19. The van der Waals surface area contributed by atoms with Gasteiger partial charge in [-0.25, -0.2) is 26.4 Å². The second-order valence-corrected chi connectivity index (χ2v) is 10.5. The van der Waals surface area contributed by atoms with E-state index in [0.717, 1.165) is 12.1 Å². The maximum atomic E-state index is 13.0. The molecule has 8 nitrogen and oxygen atoms in total. The van der Waals surface area contributed by atoms with Gasteiger partial charge in [0.1, 0.15) is 5.82 Å². The van der Waals surface area contributed by atoms with E-state index in [-0.39, 0.29) is 41.3 Å². The zero-order valence-electron chi connectivity index (χ0n) is 16.0. The van der Waals surface area contributed by atoms with Crippen LogP contribution in [0.4, 0.5) is 4.39 Å². The lowest BCUT2D eigenvalue weighted by Gasteiger charge is -2.30.